The zero-order valence-corrected chi connectivity index (χ0v) is 16.0. The van der Waals surface area contributed by atoms with Crippen molar-refractivity contribution in [3.8, 4) is 5.75 Å². The molecular formula is C21H24N2O3S. The van der Waals surface area contributed by atoms with Crippen LogP contribution in [0.25, 0.3) is 0 Å². The van der Waals surface area contributed by atoms with E-state index in [0.29, 0.717) is 19.1 Å². The molecule has 142 valence electrons. The average Bonchev–Trinajstić information content (AvgIpc) is 3.21. The topological polar surface area (TPSA) is 62.7 Å². The van der Waals surface area contributed by atoms with E-state index < -0.39 is 5.97 Å². The van der Waals surface area contributed by atoms with Gasteiger partial charge in [0.1, 0.15) is 12.4 Å². The van der Waals surface area contributed by atoms with Crippen molar-refractivity contribution in [2.75, 3.05) is 18.1 Å². The maximum atomic E-state index is 10.6. The number of nitrogens with zero attached hydrogens (tertiary/aromatic N) is 2. The van der Waals surface area contributed by atoms with Crippen LogP contribution in [0.4, 0.5) is 5.13 Å². The van der Waals surface area contributed by atoms with Crippen molar-refractivity contribution in [2.24, 2.45) is 0 Å². The number of carbonyl (C=O) groups is 1. The largest absolute Gasteiger partial charge is 0.492 e. The van der Waals surface area contributed by atoms with E-state index in [1.807, 2.05) is 35.8 Å². The van der Waals surface area contributed by atoms with Crippen LogP contribution in [0.5, 0.6) is 5.75 Å². The van der Waals surface area contributed by atoms with Crippen LogP contribution < -0.4 is 9.64 Å². The van der Waals surface area contributed by atoms with Crippen molar-refractivity contribution in [2.45, 2.75) is 31.7 Å². The Bertz CT molecular complexity index is 769. The van der Waals surface area contributed by atoms with E-state index in [1.54, 1.807) is 11.3 Å². The van der Waals surface area contributed by atoms with Crippen LogP contribution >= 0.6 is 11.3 Å². The highest BCUT2D eigenvalue weighted by Gasteiger charge is 2.18. The molecule has 6 heteroatoms. The minimum atomic E-state index is -0.747. The van der Waals surface area contributed by atoms with Gasteiger partial charge in [-0.3, -0.25) is 4.79 Å². The standard InChI is InChI=1S/C21H24N2O3S/c24-20(25)8-4-5-17-9-11-19(12-10-17)26-15-14-23(21-22-13-16-27-21)18-6-2-1-3-7-18/h1-3,6,9-13,16,18H,4-5,7-8,14-15H2,(H,24,25). The first-order valence-corrected chi connectivity index (χ1v) is 10.0. The third kappa shape index (κ3) is 5.96. The van der Waals surface area contributed by atoms with Gasteiger partial charge in [0, 0.05) is 18.0 Å². The van der Waals surface area contributed by atoms with Gasteiger partial charge in [-0.15, -0.1) is 11.3 Å². The van der Waals surface area contributed by atoms with E-state index in [9.17, 15) is 4.79 Å². The number of allylic oxidation sites excluding steroid dienone is 2. The first-order chi connectivity index (χ1) is 13.2. The zero-order valence-electron chi connectivity index (χ0n) is 15.2. The number of hydrogen-bond acceptors (Lipinski definition) is 5. The second-order valence-corrected chi connectivity index (χ2v) is 7.24. The molecule has 1 atom stereocenters. The molecule has 1 aliphatic rings. The van der Waals surface area contributed by atoms with Gasteiger partial charge in [0.05, 0.1) is 12.6 Å². The van der Waals surface area contributed by atoms with Crippen LogP contribution in [0.15, 0.2) is 60.1 Å². The summed E-state index contributed by atoms with van der Waals surface area (Å²) >= 11 is 1.64. The fraction of sp³-hybridized carbons (Fsp3) is 0.333. The van der Waals surface area contributed by atoms with Gasteiger partial charge in [0.25, 0.3) is 0 Å². The molecule has 1 heterocycles. The molecule has 3 rings (SSSR count). The molecule has 2 aromatic rings. The van der Waals surface area contributed by atoms with E-state index in [2.05, 4.69) is 34.2 Å². The number of thiazole rings is 1. The Hall–Kier alpha value is -2.60. The maximum Gasteiger partial charge on any atom is 0.303 e. The lowest BCUT2D eigenvalue weighted by molar-refractivity contribution is -0.137. The molecule has 0 aliphatic heterocycles. The summed E-state index contributed by atoms with van der Waals surface area (Å²) in [7, 11) is 0. The fourth-order valence-corrected chi connectivity index (χ4v) is 3.74. The summed E-state index contributed by atoms with van der Waals surface area (Å²) in [5.41, 5.74) is 1.13. The fourth-order valence-electron chi connectivity index (χ4n) is 3.02. The van der Waals surface area contributed by atoms with Gasteiger partial charge in [0.2, 0.25) is 0 Å². The summed E-state index contributed by atoms with van der Waals surface area (Å²) < 4.78 is 5.92. The molecule has 1 aliphatic carbocycles. The Labute approximate surface area is 163 Å². The van der Waals surface area contributed by atoms with E-state index in [1.165, 1.54) is 0 Å². The molecule has 5 nitrogen and oxygen atoms in total. The average molecular weight is 385 g/mol. The van der Waals surface area contributed by atoms with Crippen LogP contribution in [-0.4, -0.2) is 35.3 Å². The lowest BCUT2D eigenvalue weighted by atomic mass is 10.1. The molecule has 0 fully saturated rings. The van der Waals surface area contributed by atoms with Crippen LogP contribution in [0, 0.1) is 0 Å². The minimum absolute atomic E-state index is 0.204. The number of anilines is 1. The van der Waals surface area contributed by atoms with Crippen molar-refractivity contribution in [1.82, 2.24) is 4.98 Å². The Morgan fingerprint density at radius 1 is 1.30 bits per heavy atom. The SMILES string of the molecule is O=C(O)CCCc1ccc(OCCN(c2nccs2)C2C=CC=CC2)cc1. The summed E-state index contributed by atoms with van der Waals surface area (Å²) in [6.07, 6.45) is 13.0. The van der Waals surface area contributed by atoms with Gasteiger partial charge in [-0.25, -0.2) is 4.98 Å². The first-order valence-electron chi connectivity index (χ1n) is 9.15. The Morgan fingerprint density at radius 2 is 2.15 bits per heavy atom. The molecule has 0 bridgehead atoms. The highest BCUT2D eigenvalue weighted by molar-refractivity contribution is 7.13. The number of hydrogen-bond donors (Lipinski definition) is 1. The van der Waals surface area contributed by atoms with Crippen molar-refractivity contribution in [3.63, 3.8) is 0 Å². The van der Waals surface area contributed by atoms with Gasteiger partial charge in [-0.2, -0.15) is 0 Å². The van der Waals surface area contributed by atoms with Gasteiger partial charge >= 0.3 is 5.97 Å². The molecule has 1 N–H and O–H groups in total. The summed E-state index contributed by atoms with van der Waals surface area (Å²) in [5.74, 6) is 0.0817. The molecular weight excluding hydrogens is 360 g/mol. The van der Waals surface area contributed by atoms with Crippen LogP contribution in [-0.2, 0) is 11.2 Å². The number of rotatable bonds is 10. The van der Waals surface area contributed by atoms with Gasteiger partial charge in [-0.1, -0.05) is 36.4 Å². The third-order valence-electron chi connectivity index (χ3n) is 4.40. The minimum Gasteiger partial charge on any atom is -0.492 e. The lowest BCUT2D eigenvalue weighted by Crippen LogP contribution is -2.37. The number of ether oxygens (including phenoxy) is 1. The van der Waals surface area contributed by atoms with Crippen LogP contribution in [0.1, 0.15) is 24.8 Å². The van der Waals surface area contributed by atoms with Crippen molar-refractivity contribution < 1.29 is 14.6 Å². The second-order valence-electron chi connectivity index (χ2n) is 6.36. The van der Waals surface area contributed by atoms with Crippen molar-refractivity contribution in [3.05, 3.63) is 65.7 Å². The number of carboxylic acids is 1. The zero-order chi connectivity index (χ0) is 18.9. The number of aromatic nitrogens is 1. The van der Waals surface area contributed by atoms with E-state index in [4.69, 9.17) is 9.84 Å². The molecule has 0 spiro atoms. The first kappa shape index (κ1) is 19.2. The summed E-state index contributed by atoms with van der Waals surface area (Å²) in [6.45, 7) is 1.34. The van der Waals surface area contributed by atoms with Crippen molar-refractivity contribution in [1.29, 1.82) is 0 Å². The molecule has 1 aromatic heterocycles. The Kier molecular flexibility index (Phi) is 7.04. The number of aliphatic carboxylic acids is 1. The quantitative estimate of drug-likeness (QED) is 0.661. The maximum absolute atomic E-state index is 10.6. The molecule has 0 saturated carbocycles. The van der Waals surface area contributed by atoms with E-state index in [0.717, 1.165) is 35.8 Å². The molecule has 0 amide bonds. The smallest absolute Gasteiger partial charge is 0.303 e. The van der Waals surface area contributed by atoms with Gasteiger partial charge in [0.15, 0.2) is 5.13 Å². The molecule has 1 unspecified atom stereocenters. The van der Waals surface area contributed by atoms with Gasteiger partial charge < -0.3 is 14.7 Å². The van der Waals surface area contributed by atoms with Gasteiger partial charge in [-0.05, 0) is 37.0 Å². The van der Waals surface area contributed by atoms with E-state index >= 15 is 0 Å². The number of aryl methyl sites for hydroxylation is 1. The summed E-state index contributed by atoms with van der Waals surface area (Å²) in [4.78, 5) is 17.3. The van der Waals surface area contributed by atoms with Crippen molar-refractivity contribution >= 4 is 22.4 Å². The molecule has 1 aromatic carbocycles. The third-order valence-corrected chi connectivity index (χ3v) is 5.21. The molecule has 0 radical (unpaired) electrons. The number of carboxylic acid groups (broad SMARTS) is 1. The highest BCUT2D eigenvalue weighted by Crippen LogP contribution is 2.23. The molecule has 0 saturated heterocycles. The highest BCUT2D eigenvalue weighted by atomic mass is 32.1. The monoisotopic (exact) mass is 384 g/mol. The predicted molar refractivity (Wildman–Crippen MR) is 109 cm³/mol. The van der Waals surface area contributed by atoms with Crippen LogP contribution in [0.3, 0.4) is 0 Å². The second kappa shape index (κ2) is 9.92. The number of benzene rings is 1. The summed E-state index contributed by atoms with van der Waals surface area (Å²) in [6, 6.07) is 8.22. The predicted octanol–water partition coefficient (Wildman–Crippen LogP) is 4.32. The lowest BCUT2D eigenvalue weighted by Gasteiger charge is -2.29. The normalized spacial score (nSPS) is 15.6. The van der Waals surface area contributed by atoms with E-state index in [-0.39, 0.29) is 6.42 Å². The Morgan fingerprint density at radius 3 is 2.81 bits per heavy atom. The Balaban J connectivity index is 1.50. The van der Waals surface area contributed by atoms with Crippen LogP contribution in [0.2, 0.25) is 0 Å². The molecule has 27 heavy (non-hydrogen) atoms. The summed E-state index contributed by atoms with van der Waals surface area (Å²) in [5, 5.41) is 11.7.